The minimum absolute atomic E-state index is 0.187. The van der Waals surface area contributed by atoms with Crippen LogP contribution in [-0.4, -0.2) is 43.8 Å². The molecule has 29 heavy (non-hydrogen) atoms. The predicted octanol–water partition coefficient (Wildman–Crippen LogP) is 4.18. The van der Waals surface area contributed by atoms with E-state index in [1.165, 1.54) is 6.08 Å². The zero-order valence-corrected chi connectivity index (χ0v) is 17.1. The number of carbonyl (C=O) groups is 1. The Labute approximate surface area is 173 Å². The van der Waals surface area contributed by atoms with Gasteiger partial charge in [-0.2, -0.15) is 0 Å². The van der Waals surface area contributed by atoms with Crippen LogP contribution in [0.5, 0.6) is 5.75 Å². The number of nitrogens with one attached hydrogen (secondary N) is 1. The maximum absolute atomic E-state index is 12.4. The maximum Gasteiger partial charge on any atom is 0.248 e. The third-order valence-corrected chi connectivity index (χ3v) is 5.64. The molecule has 2 heterocycles. The molecule has 1 aliphatic heterocycles. The molecule has 2 aromatic carbocycles. The van der Waals surface area contributed by atoms with Crippen LogP contribution in [0.3, 0.4) is 0 Å². The summed E-state index contributed by atoms with van der Waals surface area (Å²) in [6.45, 7) is 5.70. The quantitative estimate of drug-likeness (QED) is 0.619. The van der Waals surface area contributed by atoms with E-state index in [0.717, 1.165) is 58.7 Å². The van der Waals surface area contributed by atoms with E-state index in [0.29, 0.717) is 6.61 Å². The summed E-state index contributed by atoms with van der Waals surface area (Å²) in [5.74, 6) is 0.578. The standard InChI is InChI=1S/C22H23N3O3S/c1-2-28-19-6-4-3-5-16(19)7-10-21(26)23-17-8-9-18-20(15-17)29-22(24-18)25-11-13-27-14-12-25/h3-10,15H,2,11-14H2,1H3,(H,23,26)/b10-7+. The first kappa shape index (κ1) is 19.4. The molecule has 0 aliphatic carbocycles. The molecule has 0 bridgehead atoms. The molecule has 1 aliphatic rings. The van der Waals surface area contributed by atoms with Crippen molar-refractivity contribution >= 4 is 44.4 Å². The highest BCUT2D eigenvalue weighted by atomic mass is 32.1. The number of hydrogen-bond donors (Lipinski definition) is 1. The van der Waals surface area contributed by atoms with Gasteiger partial charge in [0.25, 0.3) is 0 Å². The molecule has 1 N–H and O–H groups in total. The fourth-order valence-electron chi connectivity index (χ4n) is 3.13. The van der Waals surface area contributed by atoms with Gasteiger partial charge in [-0.3, -0.25) is 4.79 Å². The van der Waals surface area contributed by atoms with Gasteiger partial charge in [-0.15, -0.1) is 0 Å². The molecule has 7 heteroatoms. The van der Waals surface area contributed by atoms with Crippen molar-refractivity contribution in [1.29, 1.82) is 0 Å². The third kappa shape index (κ3) is 4.75. The zero-order chi connectivity index (χ0) is 20.1. The Bertz CT molecular complexity index is 1030. The number of hydrogen-bond acceptors (Lipinski definition) is 6. The van der Waals surface area contributed by atoms with Crippen molar-refractivity contribution in [3.05, 3.63) is 54.1 Å². The highest BCUT2D eigenvalue weighted by Gasteiger charge is 2.15. The Morgan fingerprint density at radius 1 is 1.28 bits per heavy atom. The summed E-state index contributed by atoms with van der Waals surface area (Å²) in [6.07, 6.45) is 3.29. The normalized spacial score (nSPS) is 14.4. The van der Waals surface area contributed by atoms with E-state index in [1.807, 2.05) is 49.4 Å². The van der Waals surface area contributed by atoms with Gasteiger partial charge in [-0.1, -0.05) is 29.5 Å². The monoisotopic (exact) mass is 409 g/mol. The average molecular weight is 410 g/mol. The number of benzene rings is 2. The largest absolute Gasteiger partial charge is 0.493 e. The minimum Gasteiger partial charge on any atom is -0.493 e. The molecule has 0 spiro atoms. The van der Waals surface area contributed by atoms with Crippen LogP contribution in [0, 0.1) is 0 Å². The van der Waals surface area contributed by atoms with Crippen LogP contribution in [0.2, 0.25) is 0 Å². The molecule has 150 valence electrons. The van der Waals surface area contributed by atoms with Crippen LogP contribution >= 0.6 is 11.3 Å². The van der Waals surface area contributed by atoms with Gasteiger partial charge in [0.1, 0.15) is 5.75 Å². The molecular weight excluding hydrogens is 386 g/mol. The second-order valence-electron chi connectivity index (χ2n) is 6.57. The van der Waals surface area contributed by atoms with Gasteiger partial charge in [0.05, 0.1) is 30.0 Å². The molecule has 6 nitrogen and oxygen atoms in total. The van der Waals surface area contributed by atoms with Crippen LogP contribution < -0.4 is 15.0 Å². The van der Waals surface area contributed by atoms with Crippen LogP contribution in [0.4, 0.5) is 10.8 Å². The number of carbonyl (C=O) groups excluding carboxylic acids is 1. The molecule has 0 radical (unpaired) electrons. The molecule has 0 atom stereocenters. The van der Waals surface area contributed by atoms with Crippen molar-refractivity contribution in [3.63, 3.8) is 0 Å². The van der Waals surface area contributed by atoms with Gasteiger partial charge >= 0.3 is 0 Å². The smallest absolute Gasteiger partial charge is 0.248 e. The number of para-hydroxylation sites is 1. The van der Waals surface area contributed by atoms with E-state index in [2.05, 4.69) is 10.2 Å². The molecule has 0 saturated carbocycles. The summed E-state index contributed by atoms with van der Waals surface area (Å²) in [5, 5.41) is 3.92. The molecule has 1 fully saturated rings. The number of morpholine rings is 1. The number of fused-ring (bicyclic) bond motifs is 1. The van der Waals surface area contributed by atoms with Crippen LogP contribution in [0.1, 0.15) is 12.5 Å². The highest BCUT2D eigenvalue weighted by molar-refractivity contribution is 7.22. The number of nitrogens with zero attached hydrogens (tertiary/aromatic N) is 2. The summed E-state index contributed by atoms with van der Waals surface area (Å²) >= 11 is 1.64. The Kier molecular flexibility index (Phi) is 6.07. The molecule has 1 aromatic heterocycles. The van der Waals surface area contributed by atoms with E-state index in [9.17, 15) is 4.79 Å². The molecule has 0 unspecified atom stereocenters. The van der Waals surface area contributed by atoms with Crippen molar-refractivity contribution in [2.45, 2.75) is 6.92 Å². The summed E-state index contributed by atoms with van der Waals surface area (Å²) in [7, 11) is 0. The first-order valence-electron chi connectivity index (χ1n) is 9.67. The van der Waals surface area contributed by atoms with Gasteiger partial charge in [0.2, 0.25) is 5.91 Å². The first-order chi connectivity index (χ1) is 14.2. The Morgan fingerprint density at radius 2 is 2.10 bits per heavy atom. The number of amides is 1. The third-order valence-electron chi connectivity index (χ3n) is 4.56. The van der Waals surface area contributed by atoms with Crippen LogP contribution in [-0.2, 0) is 9.53 Å². The van der Waals surface area contributed by atoms with Crippen LogP contribution in [0.15, 0.2) is 48.5 Å². The number of thiazole rings is 1. The van der Waals surface area contributed by atoms with Gasteiger partial charge in [-0.25, -0.2) is 4.98 Å². The molecule has 4 rings (SSSR count). The SMILES string of the molecule is CCOc1ccccc1/C=C/C(=O)Nc1ccc2nc(N3CCOCC3)sc2c1. The summed E-state index contributed by atoms with van der Waals surface area (Å²) in [5.41, 5.74) is 2.57. The van der Waals surface area contributed by atoms with Crippen molar-refractivity contribution in [1.82, 2.24) is 4.98 Å². The zero-order valence-electron chi connectivity index (χ0n) is 16.3. The predicted molar refractivity (Wildman–Crippen MR) is 118 cm³/mol. The topological polar surface area (TPSA) is 63.7 Å². The number of ether oxygens (including phenoxy) is 2. The lowest BCUT2D eigenvalue weighted by Crippen LogP contribution is -2.36. The second-order valence-corrected chi connectivity index (χ2v) is 7.58. The Morgan fingerprint density at radius 3 is 2.93 bits per heavy atom. The van der Waals surface area contributed by atoms with Gasteiger partial charge in [-0.05, 0) is 37.3 Å². The maximum atomic E-state index is 12.4. The molecule has 3 aromatic rings. The lowest BCUT2D eigenvalue weighted by Gasteiger charge is -2.25. The van der Waals surface area contributed by atoms with Crippen molar-refractivity contribution in [3.8, 4) is 5.75 Å². The second kappa shape index (κ2) is 9.07. The van der Waals surface area contributed by atoms with E-state index >= 15 is 0 Å². The van der Waals surface area contributed by atoms with Crippen molar-refractivity contribution in [2.75, 3.05) is 43.1 Å². The van der Waals surface area contributed by atoms with Crippen molar-refractivity contribution in [2.24, 2.45) is 0 Å². The van der Waals surface area contributed by atoms with E-state index in [1.54, 1.807) is 17.4 Å². The molecule has 1 amide bonds. The van der Waals surface area contributed by atoms with E-state index < -0.39 is 0 Å². The van der Waals surface area contributed by atoms with E-state index in [-0.39, 0.29) is 5.91 Å². The lowest BCUT2D eigenvalue weighted by molar-refractivity contribution is -0.111. The Balaban J connectivity index is 1.45. The fourth-order valence-corrected chi connectivity index (χ4v) is 4.19. The minimum atomic E-state index is -0.187. The summed E-state index contributed by atoms with van der Waals surface area (Å²) in [4.78, 5) is 19.3. The summed E-state index contributed by atoms with van der Waals surface area (Å²) in [6, 6.07) is 13.4. The van der Waals surface area contributed by atoms with E-state index in [4.69, 9.17) is 14.5 Å². The van der Waals surface area contributed by atoms with Gasteiger partial charge < -0.3 is 19.7 Å². The highest BCUT2D eigenvalue weighted by Crippen LogP contribution is 2.31. The number of rotatable bonds is 6. The first-order valence-corrected chi connectivity index (χ1v) is 10.5. The van der Waals surface area contributed by atoms with Gasteiger partial charge in [0, 0.05) is 30.4 Å². The molecule has 1 saturated heterocycles. The number of anilines is 2. The summed E-state index contributed by atoms with van der Waals surface area (Å²) < 4.78 is 12.0. The Hall–Kier alpha value is -2.90. The van der Waals surface area contributed by atoms with Crippen LogP contribution in [0.25, 0.3) is 16.3 Å². The van der Waals surface area contributed by atoms with Crippen molar-refractivity contribution < 1.29 is 14.3 Å². The molecular formula is C22H23N3O3S. The number of aromatic nitrogens is 1. The van der Waals surface area contributed by atoms with Gasteiger partial charge in [0.15, 0.2) is 5.13 Å². The fraction of sp³-hybridized carbons (Fsp3) is 0.273. The lowest BCUT2D eigenvalue weighted by atomic mass is 10.2. The average Bonchev–Trinajstić information content (AvgIpc) is 3.17.